The first-order valence-electron chi connectivity index (χ1n) is 9.85. The van der Waals surface area contributed by atoms with Gasteiger partial charge in [-0.3, -0.25) is 14.5 Å². The number of guanidine groups is 1. The van der Waals surface area contributed by atoms with Gasteiger partial charge < -0.3 is 15.4 Å². The smallest absolute Gasteiger partial charge is 0.231 e. The van der Waals surface area contributed by atoms with Crippen molar-refractivity contribution in [1.82, 2.24) is 9.80 Å². The Morgan fingerprint density at radius 2 is 2.07 bits per heavy atom. The lowest BCUT2D eigenvalue weighted by atomic mass is 9.77. The maximum Gasteiger partial charge on any atom is 0.231 e. The summed E-state index contributed by atoms with van der Waals surface area (Å²) in [6, 6.07) is 7.82. The Hall–Kier alpha value is -2.57. The van der Waals surface area contributed by atoms with E-state index in [1.54, 1.807) is 14.2 Å². The van der Waals surface area contributed by atoms with Crippen LogP contribution in [0.1, 0.15) is 38.2 Å². The predicted octanol–water partition coefficient (Wildman–Crippen LogP) is 1.80. The van der Waals surface area contributed by atoms with Crippen molar-refractivity contribution < 1.29 is 14.3 Å². The molecule has 1 unspecified atom stereocenters. The van der Waals surface area contributed by atoms with E-state index in [0.29, 0.717) is 25.8 Å². The quantitative estimate of drug-likeness (QED) is 0.836. The van der Waals surface area contributed by atoms with Gasteiger partial charge in [-0.15, -0.1) is 0 Å². The topological polar surface area (TPSA) is 88.2 Å². The molecule has 1 saturated heterocycles. The van der Waals surface area contributed by atoms with Gasteiger partial charge >= 0.3 is 0 Å². The maximum absolute atomic E-state index is 12.8. The minimum atomic E-state index is -0.539. The number of aliphatic imine (C=N–C) groups is 1. The number of ether oxygens (including phenoxy) is 1. The fourth-order valence-electron chi connectivity index (χ4n) is 4.08. The largest absolute Gasteiger partial charge is 0.497 e. The van der Waals surface area contributed by atoms with Crippen LogP contribution in [-0.2, 0) is 16.0 Å². The van der Waals surface area contributed by atoms with E-state index in [-0.39, 0.29) is 23.7 Å². The molecule has 7 heteroatoms. The maximum atomic E-state index is 12.8. The van der Waals surface area contributed by atoms with Crippen LogP contribution < -0.4 is 10.5 Å². The third-order valence-electron chi connectivity index (χ3n) is 6.04. The second kappa shape index (κ2) is 8.20. The highest BCUT2D eigenvalue weighted by molar-refractivity contribution is 5.98. The molecular formula is C21H30N4O3. The molecule has 2 atom stereocenters. The summed E-state index contributed by atoms with van der Waals surface area (Å²) in [5.74, 6) is 1.36. The minimum absolute atomic E-state index is 0.0158. The number of amides is 2. The second-order valence-electron chi connectivity index (χ2n) is 7.98. The summed E-state index contributed by atoms with van der Waals surface area (Å²) < 4.78 is 5.17. The Labute approximate surface area is 166 Å². The molecule has 0 aromatic heterocycles. The Balaban J connectivity index is 1.61. The van der Waals surface area contributed by atoms with E-state index < -0.39 is 5.54 Å². The number of carbonyl (C=O) groups excluding carboxylic acids is 2. The number of rotatable bonds is 5. The summed E-state index contributed by atoms with van der Waals surface area (Å²) >= 11 is 0. The van der Waals surface area contributed by atoms with Crippen molar-refractivity contribution in [3.05, 3.63) is 29.8 Å². The summed E-state index contributed by atoms with van der Waals surface area (Å²) in [4.78, 5) is 33.0. The van der Waals surface area contributed by atoms with Crippen LogP contribution in [0.5, 0.6) is 5.75 Å². The van der Waals surface area contributed by atoms with Crippen molar-refractivity contribution in [1.29, 1.82) is 0 Å². The van der Waals surface area contributed by atoms with Gasteiger partial charge in [0.25, 0.3) is 0 Å². The van der Waals surface area contributed by atoms with Crippen LogP contribution in [0.3, 0.4) is 0 Å². The Morgan fingerprint density at radius 1 is 1.36 bits per heavy atom. The zero-order chi connectivity index (χ0) is 20.3. The fourth-order valence-corrected chi connectivity index (χ4v) is 4.08. The summed E-state index contributed by atoms with van der Waals surface area (Å²) in [6.45, 7) is 3.38. The number of nitrogens with zero attached hydrogens (tertiary/aromatic N) is 3. The first-order valence-corrected chi connectivity index (χ1v) is 9.85. The van der Waals surface area contributed by atoms with E-state index in [0.717, 1.165) is 30.7 Å². The van der Waals surface area contributed by atoms with Crippen molar-refractivity contribution in [3.8, 4) is 5.75 Å². The SMILES string of the molecule is COc1ccc(CCC(=O)N2CCCC([C@]3(C)CC(=O)N(C)C(N)=N3)C2)cc1. The Morgan fingerprint density at radius 3 is 2.71 bits per heavy atom. The lowest BCUT2D eigenvalue weighted by Crippen LogP contribution is -2.54. The van der Waals surface area contributed by atoms with Crippen LogP contribution in [0.25, 0.3) is 0 Å². The number of hydrogen-bond donors (Lipinski definition) is 1. The van der Waals surface area contributed by atoms with E-state index in [1.165, 1.54) is 4.90 Å². The molecule has 2 amide bonds. The van der Waals surface area contributed by atoms with Gasteiger partial charge in [-0.05, 0) is 43.9 Å². The van der Waals surface area contributed by atoms with E-state index in [2.05, 4.69) is 4.99 Å². The molecule has 0 radical (unpaired) electrons. The van der Waals surface area contributed by atoms with Crippen LogP contribution in [-0.4, -0.2) is 60.4 Å². The number of likely N-dealkylation sites (tertiary alicyclic amines) is 1. The molecule has 1 aromatic carbocycles. The molecule has 1 fully saturated rings. The highest BCUT2D eigenvalue weighted by Gasteiger charge is 2.43. The van der Waals surface area contributed by atoms with Crippen LogP contribution in [0.15, 0.2) is 29.3 Å². The molecule has 0 aliphatic carbocycles. The van der Waals surface area contributed by atoms with E-state index in [9.17, 15) is 9.59 Å². The fraction of sp³-hybridized carbons (Fsp3) is 0.571. The predicted molar refractivity (Wildman–Crippen MR) is 108 cm³/mol. The average molecular weight is 386 g/mol. The first-order chi connectivity index (χ1) is 13.3. The molecular weight excluding hydrogens is 356 g/mol. The number of hydrogen-bond acceptors (Lipinski definition) is 5. The number of nitrogens with two attached hydrogens (primary N) is 1. The molecule has 2 aliphatic rings. The van der Waals surface area contributed by atoms with Gasteiger partial charge in [0, 0.05) is 32.5 Å². The van der Waals surface area contributed by atoms with Gasteiger partial charge in [-0.1, -0.05) is 12.1 Å². The lowest BCUT2D eigenvalue weighted by molar-refractivity contribution is -0.134. The van der Waals surface area contributed by atoms with E-state index >= 15 is 0 Å². The van der Waals surface area contributed by atoms with Crippen LogP contribution in [0, 0.1) is 5.92 Å². The van der Waals surface area contributed by atoms with Crippen molar-refractivity contribution in [2.24, 2.45) is 16.6 Å². The van der Waals surface area contributed by atoms with Crippen molar-refractivity contribution in [2.45, 2.75) is 44.6 Å². The number of aryl methyl sites for hydroxylation is 1. The summed E-state index contributed by atoms with van der Waals surface area (Å²) in [6.07, 6.45) is 3.39. The molecule has 2 heterocycles. The lowest BCUT2D eigenvalue weighted by Gasteiger charge is -2.43. The van der Waals surface area contributed by atoms with E-state index in [4.69, 9.17) is 10.5 Å². The summed E-state index contributed by atoms with van der Waals surface area (Å²) in [7, 11) is 3.29. The second-order valence-corrected chi connectivity index (χ2v) is 7.98. The molecule has 3 rings (SSSR count). The van der Waals surface area contributed by atoms with Crippen LogP contribution >= 0.6 is 0 Å². The molecule has 2 N–H and O–H groups in total. The van der Waals surface area contributed by atoms with Gasteiger partial charge in [-0.25, -0.2) is 4.99 Å². The first kappa shape index (κ1) is 20.2. The molecule has 7 nitrogen and oxygen atoms in total. The van der Waals surface area contributed by atoms with Crippen molar-refractivity contribution >= 4 is 17.8 Å². The molecule has 0 saturated carbocycles. The number of carbonyl (C=O) groups is 2. The average Bonchev–Trinajstić information content (AvgIpc) is 2.70. The molecule has 1 aromatic rings. The number of benzene rings is 1. The monoisotopic (exact) mass is 386 g/mol. The van der Waals surface area contributed by atoms with Gasteiger partial charge in [0.2, 0.25) is 11.8 Å². The zero-order valence-corrected chi connectivity index (χ0v) is 17.0. The molecule has 2 aliphatic heterocycles. The van der Waals surface area contributed by atoms with Crippen molar-refractivity contribution in [2.75, 3.05) is 27.2 Å². The zero-order valence-electron chi connectivity index (χ0n) is 17.0. The summed E-state index contributed by atoms with van der Waals surface area (Å²) in [5.41, 5.74) is 6.52. The normalized spacial score (nSPS) is 25.5. The van der Waals surface area contributed by atoms with E-state index in [1.807, 2.05) is 36.1 Å². The van der Waals surface area contributed by atoms with Gasteiger partial charge in [0.1, 0.15) is 5.75 Å². The van der Waals surface area contributed by atoms with Gasteiger partial charge in [0.05, 0.1) is 19.1 Å². The number of piperidine rings is 1. The molecule has 0 spiro atoms. The highest BCUT2D eigenvalue weighted by Crippen LogP contribution is 2.35. The molecule has 28 heavy (non-hydrogen) atoms. The molecule has 0 bridgehead atoms. The van der Waals surface area contributed by atoms with Gasteiger partial charge in [0.15, 0.2) is 5.96 Å². The Bertz CT molecular complexity index is 761. The van der Waals surface area contributed by atoms with Crippen LogP contribution in [0.2, 0.25) is 0 Å². The van der Waals surface area contributed by atoms with Gasteiger partial charge in [-0.2, -0.15) is 0 Å². The molecule has 152 valence electrons. The highest BCUT2D eigenvalue weighted by atomic mass is 16.5. The summed E-state index contributed by atoms with van der Waals surface area (Å²) in [5, 5.41) is 0. The van der Waals surface area contributed by atoms with Crippen molar-refractivity contribution in [3.63, 3.8) is 0 Å². The standard InChI is InChI=1S/C21H30N4O3/c1-21(13-19(27)24(2)20(22)23-21)16-5-4-12-25(14-16)18(26)11-8-15-6-9-17(28-3)10-7-15/h6-7,9-10,16H,4-5,8,11-14H2,1-3H3,(H2,22,23)/t16?,21-/m0/s1. The third-order valence-corrected chi connectivity index (χ3v) is 6.04. The Kier molecular flexibility index (Phi) is 5.91. The van der Waals surface area contributed by atoms with Crippen LogP contribution in [0.4, 0.5) is 0 Å². The third kappa shape index (κ3) is 4.29. The minimum Gasteiger partial charge on any atom is -0.497 e. The number of methoxy groups -OCH3 is 1.